The van der Waals surface area contributed by atoms with E-state index in [1.54, 1.807) is 42.5 Å². The number of carbonyl (C=O) groups excluding carboxylic acids is 1. The fourth-order valence-electron chi connectivity index (χ4n) is 4.25. The van der Waals surface area contributed by atoms with E-state index in [0.29, 0.717) is 44.3 Å². The Morgan fingerprint density at radius 1 is 0.628 bits per heavy atom. The molecule has 43 heavy (non-hydrogen) atoms. The zero-order valence-corrected chi connectivity index (χ0v) is 23.8. The lowest BCUT2D eigenvalue weighted by atomic mass is 10.1. The largest absolute Gasteiger partial charge is 0.398 e. The van der Waals surface area contributed by atoms with Crippen molar-refractivity contribution in [2.45, 2.75) is 16.7 Å². The van der Waals surface area contributed by atoms with Gasteiger partial charge in [-0.15, -0.1) is 15.3 Å². The van der Waals surface area contributed by atoms with E-state index >= 15 is 0 Å². The van der Waals surface area contributed by atoms with Crippen molar-refractivity contribution < 1.29 is 30.7 Å². The van der Waals surface area contributed by atoms with E-state index in [9.17, 15) is 30.7 Å². The van der Waals surface area contributed by atoms with Crippen LogP contribution in [0.2, 0.25) is 0 Å². The topological polar surface area (TPSA) is 213 Å². The molecule has 0 unspecified atom stereocenters. The molecular formula is C28H22N6O7S2. The van der Waals surface area contributed by atoms with Crippen molar-refractivity contribution in [2.24, 2.45) is 20.5 Å². The van der Waals surface area contributed by atoms with Crippen molar-refractivity contribution >= 4 is 81.8 Å². The summed E-state index contributed by atoms with van der Waals surface area (Å²) in [5.74, 6) is -0.219. The summed E-state index contributed by atoms with van der Waals surface area (Å²) >= 11 is 0. The van der Waals surface area contributed by atoms with E-state index in [0.717, 1.165) is 0 Å². The molecule has 0 aliphatic carbocycles. The van der Waals surface area contributed by atoms with Crippen molar-refractivity contribution in [3.63, 3.8) is 0 Å². The van der Waals surface area contributed by atoms with E-state index in [4.69, 9.17) is 5.73 Å². The molecule has 0 saturated heterocycles. The minimum atomic E-state index is -4.54. The lowest BCUT2D eigenvalue weighted by molar-refractivity contribution is -0.114. The third-order valence-electron chi connectivity index (χ3n) is 6.26. The van der Waals surface area contributed by atoms with Gasteiger partial charge in [0.15, 0.2) is 0 Å². The van der Waals surface area contributed by atoms with Crippen molar-refractivity contribution in [2.75, 3.05) is 11.1 Å². The van der Waals surface area contributed by atoms with E-state index < -0.39 is 20.2 Å². The number of nitrogens with one attached hydrogen (secondary N) is 1. The second-order valence-corrected chi connectivity index (χ2v) is 12.1. The molecule has 0 spiro atoms. The molecule has 0 radical (unpaired) electrons. The molecule has 5 aromatic carbocycles. The van der Waals surface area contributed by atoms with Gasteiger partial charge >= 0.3 is 0 Å². The Labute approximate surface area is 245 Å². The van der Waals surface area contributed by atoms with Crippen molar-refractivity contribution in [3.05, 3.63) is 84.9 Å². The number of nitrogens with zero attached hydrogens (tertiary/aromatic N) is 4. The third kappa shape index (κ3) is 6.54. The molecule has 15 heteroatoms. The fraction of sp³-hybridized carbons (Fsp3) is 0.0357. The van der Waals surface area contributed by atoms with E-state index in [1.165, 1.54) is 49.4 Å². The van der Waals surface area contributed by atoms with Gasteiger partial charge in [0.25, 0.3) is 20.2 Å². The summed E-state index contributed by atoms with van der Waals surface area (Å²) in [4.78, 5) is 10.6. The summed E-state index contributed by atoms with van der Waals surface area (Å²) in [5.41, 5.74) is 8.29. The van der Waals surface area contributed by atoms with Crippen molar-refractivity contribution in [1.29, 1.82) is 0 Å². The maximum absolute atomic E-state index is 11.9. The Morgan fingerprint density at radius 3 is 1.63 bits per heavy atom. The highest BCUT2D eigenvalue weighted by Crippen LogP contribution is 2.38. The number of nitrogen functional groups attached to an aromatic ring is 1. The number of azo groups is 2. The lowest BCUT2D eigenvalue weighted by Gasteiger charge is -2.08. The Balaban J connectivity index is 1.57. The van der Waals surface area contributed by atoms with Crippen LogP contribution in [0, 0.1) is 0 Å². The number of carbonyl (C=O) groups is 1. The van der Waals surface area contributed by atoms with Crippen LogP contribution in [0.5, 0.6) is 0 Å². The minimum Gasteiger partial charge on any atom is -0.398 e. The van der Waals surface area contributed by atoms with Gasteiger partial charge in [-0.3, -0.25) is 13.9 Å². The second-order valence-electron chi connectivity index (χ2n) is 9.27. The van der Waals surface area contributed by atoms with Crippen LogP contribution in [0.3, 0.4) is 0 Å². The number of hydrogen-bond acceptors (Lipinski definition) is 10. The molecule has 0 aliphatic rings. The van der Waals surface area contributed by atoms with Crippen LogP contribution in [0.15, 0.2) is 115 Å². The van der Waals surface area contributed by atoms with Gasteiger partial charge in [-0.1, -0.05) is 12.1 Å². The average molecular weight is 619 g/mol. The monoisotopic (exact) mass is 618 g/mol. The molecule has 0 aliphatic heterocycles. The molecule has 13 nitrogen and oxygen atoms in total. The molecule has 0 saturated carbocycles. The Bertz CT molecular complexity index is 2200. The molecule has 0 fully saturated rings. The van der Waals surface area contributed by atoms with Crippen LogP contribution in [-0.4, -0.2) is 31.8 Å². The molecule has 5 rings (SSSR count). The van der Waals surface area contributed by atoms with E-state index in [2.05, 4.69) is 25.8 Å². The summed E-state index contributed by atoms with van der Waals surface area (Å²) in [6.45, 7) is 1.39. The van der Waals surface area contributed by atoms with Crippen LogP contribution < -0.4 is 11.1 Å². The highest BCUT2D eigenvalue weighted by molar-refractivity contribution is 7.86. The summed E-state index contributed by atoms with van der Waals surface area (Å²) in [6, 6.07) is 20.7. The minimum absolute atomic E-state index is 0.219. The first-order valence-corrected chi connectivity index (χ1v) is 15.2. The number of anilines is 2. The van der Waals surface area contributed by atoms with Gasteiger partial charge in [-0.2, -0.15) is 21.9 Å². The van der Waals surface area contributed by atoms with Gasteiger partial charge < -0.3 is 11.1 Å². The predicted octanol–water partition coefficient (Wildman–Crippen LogP) is 6.86. The first-order chi connectivity index (χ1) is 20.3. The fourth-order valence-corrected chi connectivity index (χ4v) is 5.26. The first kappa shape index (κ1) is 29.4. The molecular weight excluding hydrogens is 596 g/mol. The Morgan fingerprint density at radius 2 is 1.09 bits per heavy atom. The van der Waals surface area contributed by atoms with Crippen LogP contribution >= 0.6 is 0 Å². The first-order valence-electron chi connectivity index (χ1n) is 12.3. The Kier molecular flexibility index (Phi) is 7.72. The molecule has 0 heterocycles. The third-order valence-corrected chi connectivity index (χ3v) is 7.96. The van der Waals surface area contributed by atoms with Gasteiger partial charge in [-0.05, 0) is 72.8 Å². The molecule has 1 amide bonds. The van der Waals surface area contributed by atoms with Crippen molar-refractivity contribution in [1.82, 2.24) is 0 Å². The predicted molar refractivity (Wildman–Crippen MR) is 161 cm³/mol. The standard InChI is InChI=1S/C28H22N6O7S2/c1-16(35)30-17-2-4-18(5-3-17)31-32-28-13-12-27(22-9-7-20(15-24(22)28)43(39,40)41)34-33-26-11-10-25(29)23-14-19(42(36,37)38)6-8-21(23)26/h2-15H,29H2,1H3,(H,30,35)(H,36,37,38)(H,39,40,41). The molecule has 218 valence electrons. The maximum Gasteiger partial charge on any atom is 0.294 e. The smallest absolute Gasteiger partial charge is 0.294 e. The molecule has 5 aromatic rings. The lowest BCUT2D eigenvalue weighted by Crippen LogP contribution is -2.04. The maximum atomic E-state index is 11.9. The normalized spacial score (nSPS) is 12.4. The number of rotatable bonds is 7. The van der Waals surface area contributed by atoms with Gasteiger partial charge in [-0.25, -0.2) is 0 Å². The van der Waals surface area contributed by atoms with E-state index in [1.807, 2.05) is 0 Å². The highest BCUT2D eigenvalue weighted by Gasteiger charge is 2.15. The number of hydrogen-bond donors (Lipinski definition) is 4. The number of amides is 1. The SMILES string of the molecule is CC(=O)Nc1ccc(N=Nc2ccc(N=Nc3ccc(N)c4cc(S(=O)(=O)O)ccc34)c3ccc(S(=O)(=O)O)cc23)cc1. The van der Waals surface area contributed by atoms with Gasteiger partial charge in [0, 0.05) is 39.8 Å². The summed E-state index contributed by atoms with van der Waals surface area (Å²) in [6.07, 6.45) is 0. The molecule has 0 atom stereocenters. The number of benzene rings is 5. The van der Waals surface area contributed by atoms with E-state index in [-0.39, 0.29) is 27.1 Å². The van der Waals surface area contributed by atoms with Gasteiger partial charge in [0.1, 0.15) is 0 Å². The molecule has 0 bridgehead atoms. The Hall–Kier alpha value is -5.09. The summed E-state index contributed by atoms with van der Waals surface area (Å²) < 4.78 is 66.0. The van der Waals surface area contributed by atoms with Crippen LogP contribution in [-0.2, 0) is 25.0 Å². The van der Waals surface area contributed by atoms with Crippen LogP contribution in [0.25, 0.3) is 21.5 Å². The van der Waals surface area contributed by atoms with Gasteiger partial charge in [0.05, 0.1) is 32.5 Å². The highest BCUT2D eigenvalue weighted by atomic mass is 32.2. The van der Waals surface area contributed by atoms with Gasteiger partial charge in [0.2, 0.25) is 5.91 Å². The molecule has 5 N–H and O–H groups in total. The quantitative estimate of drug-likeness (QED) is 0.0856. The number of nitrogens with two attached hydrogens (primary N) is 1. The summed E-state index contributed by atoms with van der Waals surface area (Å²) in [7, 11) is -8.99. The van der Waals surface area contributed by atoms with Crippen molar-refractivity contribution in [3.8, 4) is 0 Å². The number of fused-ring (bicyclic) bond motifs is 2. The molecule has 0 aromatic heterocycles. The van der Waals surface area contributed by atoms with Crippen LogP contribution in [0.4, 0.5) is 34.1 Å². The summed E-state index contributed by atoms with van der Waals surface area (Å²) in [5, 5.41) is 21.3. The second kappa shape index (κ2) is 11.3. The zero-order chi connectivity index (χ0) is 30.9. The average Bonchev–Trinajstić information content (AvgIpc) is 2.95. The zero-order valence-electron chi connectivity index (χ0n) is 22.2. The van der Waals surface area contributed by atoms with Crippen LogP contribution in [0.1, 0.15) is 6.92 Å².